The third kappa shape index (κ3) is 27.6. The van der Waals surface area contributed by atoms with Crippen LogP contribution in [0.1, 0.15) is 168 Å². The van der Waals surface area contributed by atoms with Gasteiger partial charge in [0, 0.05) is 0 Å². The van der Waals surface area contributed by atoms with Crippen LogP contribution in [0.2, 0.25) is 0 Å². The molecule has 0 rings (SSSR count). The van der Waals surface area contributed by atoms with Crippen molar-refractivity contribution in [2.75, 3.05) is 5.75 Å². The van der Waals surface area contributed by atoms with Crippen LogP contribution in [0.25, 0.3) is 0 Å². The summed E-state index contributed by atoms with van der Waals surface area (Å²) in [6.07, 6.45) is 29.0. The van der Waals surface area contributed by atoms with Gasteiger partial charge in [-0.25, -0.2) is 0 Å². The predicted molar refractivity (Wildman–Crippen MR) is 172 cm³/mol. The summed E-state index contributed by atoms with van der Waals surface area (Å²) in [7, 11) is -4.42. The summed E-state index contributed by atoms with van der Waals surface area (Å²) in [5, 5.41) is 23.0. The molecule has 0 saturated carbocycles. The van der Waals surface area contributed by atoms with E-state index >= 15 is 0 Å². The summed E-state index contributed by atoms with van der Waals surface area (Å²) in [5.74, 6) is -1.54. The number of carbonyl (C=O) groups excluding carboxylic acids is 1. The van der Waals surface area contributed by atoms with Crippen LogP contribution < -0.4 is 5.32 Å². The Hall–Kier alpha value is -0.960. The Morgan fingerprint density at radius 2 is 1.05 bits per heavy atom. The second-order valence-electron chi connectivity index (χ2n) is 11.9. The molecule has 0 saturated heterocycles. The molecule has 7 nitrogen and oxygen atoms in total. The number of amides is 1. The maximum absolute atomic E-state index is 12.4. The van der Waals surface area contributed by atoms with Gasteiger partial charge in [-0.1, -0.05) is 161 Å². The fraction of sp³-hybridized carbons (Fsp3) is 0.909. The molecule has 0 fully saturated rings. The number of aliphatic hydroxyl groups excluding tert-OH is 2. The molecule has 244 valence electrons. The van der Waals surface area contributed by atoms with Gasteiger partial charge in [0.15, 0.2) is 0 Å². The van der Waals surface area contributed by atoms with Crippen LogP contribution in [0.3, 0.4) is 0 Å². The number of rotatable bonds is 30. The highest BCUT2D eigenvalue weighted by Gasteiger charge is 2.27. The third-order valence-corrected chi connectivity index (χ3v) is 8.60. The van der Waals surface area contributed by atoms with Crippen molar-refractivity contribution < 1.29 is 28.0 Å². The zero-order valence-corrected chi connectivity index (χ0v) is 27.4. The van der Waals surface area contributed by atoms with Gasteiger partial charge in [-0.15, -0.1) is 0 Å². The lowest BCUT2D eigenvalue weighted by Gasteiger charge is -2.22. The van der Waals surface area contributed by atoms with Gasteiger partial charge in [0.1, 0.15) is 6.10 Å². The molecule has 0 aliphatic carbocycles. The Morgan fingerprint density at radius 1 is 0.659 bits per heavy atom. The molecule has 4 N–H and O–H groups in total. The van der Waals surface area contributed by atoms with E-state index < -0.39 is 40.0 Å². The third-order valence-electron chi connectivity index (χ3n) is 7.82. The normalized spacial score (nSPS) is 14.4. The van der Waals surface area contributed by atoms with Gasteiger partial charge in [-0.2, -0.15) is 8.42 Å². The topological polar surface area (TPSA) is 124 Å². The van der Waals surface area contributed by atoms with E-state index in [-0.39, 0.29) is 6.42 Å². The predicted octanol–water partition coefficient (Wildman–Crippen LogP) is 8.04. The number of unbranched alkanes of at least 4 members (excludes halogenated alkanes) is 21. The van der Waals surface area contributed by atoms with Gasteiger partial charge < -0.3 is 15.5 Å². The van der Waals surface area contributed by atoms with Gasteiger partial charge in [0.05, 0.1) is 17.9 Å². The van der Waals surface area contributed by atoms with E-state index in [1.807, 2.05) is 0 Å². The highest BCUT2D eigenvalue weighted by atomic mass is 32.2. The van der Waals surface area contributed by atoms with Gasteiger partial charge in [0.25, 0.3) is 10.1 Å². The van der Waals surface area contributed by atoms with Crippen LogP contribution in [0.5, 0.6) is 0 Å². The maximum Gasteiger partial charge on any atom is 0.267 e. The molecule has 0 heterocycles. The molecule has 0 bridgehead atoms. The Labute approximate surface area is 253 Å². The molecule has 0 aromatic rings. The monoisotopic (exact) mass is 603 g/mol. The number of aliphatic hydroxyl groups is 2. The van der Waals surface area contributed by atoms with Crippen molar-refractivity contribution in [3.8, 4) is 0 Å². The maximum atomic E-state index is 12.4. The van der Waals surface area contributed by atoms with Gasteiger partial charge >= 0.3 is 0 Å². The molecule has 0 radical (unpaired) electrons. The summed E-state index contributed by atoms with van der Waals surface area (Å²) in [4.78, 5) is 12.4. The number of carbonyl (C=O) groups is 1. The van der Waals surface area contributed by atoms with Gasteiger partial charge in [0.2, 0.25) is 5.91 Å². The standard InChI is InChI=1S/C33H65NO6S/c1-3-5-7-9-10-11-12-13-14-15-16-17-18-19-20-21-22-24-26-28-32(36)33(37)34-30(29-41(38,39)40)31(35)27-25-23-8-6-4-2/h25,27,30-32,35-36H,3-24,26,28-29H2,1-2H3,(H,34,37)(H,38,39,40)/b27-25+. The molecule has 1 amide bonds. The van der Waals surface area contributed by atoms with Crippen molar-refractivity contribution in [3.63, 3.8) is 0 Å². The van der Waals surface area contributed by atoms with Crippen molar-refractivity contribution in [2.24, 2.45) is 0 Å². The second-order valence-corrected chi connectivity index (χ2v) is 13.4. The zero-order chi connectivity index (χ0) is 30.6. The van der Waals surface area contributed by atoms with Crippen LogP contribution in [-0.2, 0) is 14.9 Å². The van der Waals surface area contributed by atoms with Crippen molar-refractivity contribution in [2.45, 2.75) is 186 Å². The second kappa shape index (κ2) is 27.8. The molecule has 0 spiro atoms. The molecule has 3 unspecified atom stereocenters. The van der Waals surface area contributed by atoms with E-state index in [2.05, 4.69) is 19.2 Å². The minimum Gasteiger partial charge on any atom is -0.387 e. The molecular weight excluding hydrogens is 538 g/mol. The van der Waals surface area contributed by atoms with Crippen LogP contribution in [-0.4, -0.2) is 53.1 Å². The van der Waals surface area contributed by atoms with E-state index in [9.17, 15) is 28.0 Å². The fourth-order valence-corrected chi connectivity index (χ4v) is 5.89. The Kier molecular flexibility index (Phi) is 27.2. The van der Waals surface area contributed by atoms with Crippen molar-refractivity contribution >= 4 is 16.0 Å². The number of hydrogen-bond acceptors (Lipinski definition) is 5. The van der Waals surface area contributed by atoms with E-state index in [0.717, 1.165) is 44.9 Å². The SMILES string of the molecule is CCCCC/C=C/C(O)C(CS(=O)(=O)O)NC(=O)C(O)CCCCCCCCCCCCCCCCCCCCC. The Morgan fingerprint density at radius 3 is 1.46 bits per heavy atom. The number of hydrogen-bond donors (Lipinski definition) is 4. The molecule has 0 aromatic carbocycles. The minimum absolute atomic E-state index is 0.284. The Bertz CT molecular complexity index is 727. The van der Waals surface area contributed by atoms with Crippen LogP contribution >= 0.6 is 0 Å². The molecule has 3 atom stereocenters. The lowest BCUT2D eigenvalue weighted by atomic mass is 10.0. The molecule has 8 heteroatoms. The smallest absolute Gasteiger partial charge is 0.267 e. The quantitative estimate of drug-likeness (QED) is 0.0374. The summed E-state index contributed by atoms with van der Waals surface area (Å²) in [6, 6.07) is -1.22. The zero-order valence-electron chi connectivity index (χ0n) is 26.5. The first kappa shape index (κ1) is 40.0. The van der Waals surface area contributed by atoms with Gasteiger partial charge in [-0.05, 0) is 19.3 Å². The largest absolute Gasteiger partial charge is 0.387 e. The summed E-state index contributed by atoms with van der Waals surface area (Å²) in [6.45, 7) is 4.35. The van der Waals surface area contributed by atoms with E-state index in [1.54, 1.807) is 6.08 Å². The first-order valence-electron chi connectivity index (χ1n) is 17.0. The average molecular weight is 604 g/mol. The summed E-state index contributed by atoms with van der Waals surface area (Å²) in [5.41, 5.74) is 0. The van der Waals surface area contributed by atoms with Crippen molar-refractivity contribution in [1.82, 2.24) is 5.32 Å². The lowest BCUT2D eigenvalue weighted by molar-refractivity contribution is -0.130. The number of nitrogens with one attached hydrogen (secondary N) is 1. The van der Waals surface area contributed by atoms with Crippen molar-refractivity contribution in [3.05, 3.63) is 12.2 Å². The molecule has 41 heavy (non-hydrogen) atoms. The lowest BCUT2D eigenvalue weighted by Crippen LogP contribution is -2.50. The highest BCUT2D eigenvalue weighted by molar-refractivity contribution is 7.85. The van der Waals surface area contributed by atoms with Crippen molar-refractivity contribution in [1.29, 1.82) is 0 Å². The average Bonchev–Trinajstić information content (AvgIpc) is 2.92. The molecule has 0 aromatic heterocycles. The van der Waals surface area contributed by atoms with Crippen LogP contribution in [0.4, 0.5) is 0 Å². The van der Waals surface area contributed by atoms with E-state index in [0.29, 0.717) is 6.42 Å². The summed E-state index contributed by atoms with van der Waals surface area (Å²) < 4.78 is 32.0. The van der Waals surface area contributed by atoms with Crippen LogP contribution in [0.15, 0.2) is 12.2 Å². The van der Waals surface area contributed by atoms with Gasteiger partial charge in [-0.3, -0.25) is 9.35 Å². The highest BCUT2D eigenvalue weighted by Crippen LogP contribution is 2.15. The van der Waals surface area contributed by atoms with E-state index in [1.165, 1.54) is 102 Å². The first-order valence-corrected chi connectivity index (χ1v) is 18.6. The van der Waals surface area contributed by atoms with E-state index in [4.69, 9.17) is 0 Å². The minimum atomic E-state index is -4.42. The molecule has 0 aliphatic heterocycles. The summed E-state index contributed by atoms with van der Waals surface area (Å²) >= 11 is 0. The fourth-order valence-electron chi connectivity index (χ4n) is 5.16. The molecular formula is C33H65NO6S. The number of allylic oxidation sites excluding steroid dienone is 1. The van der Waals surface area contributed by atoms with Crippen LogP contribution in [0, 0.1) is 0 Å². The molecule has 0 aliphatic rings. The Balaban J connectivity index is 3.86. The first-order chi connectivity index (χ1) is 19.7.